The molecule has 0 saturated carbocycles. The highest BCUT2D eigenvalue weighted by Gasteiger charge is 2.19. The summed E-state index contributed by atoms with van der Waals surface area (Å²) in [6.07, 6.45) is -8.30. The van der Waals surface area contributed by atoms with Crippen molar-refractivity contribution in [2.45, 2.75) is 19.5 Å². The van der Waals surface area contributed by atoms with E-state index in [2.05, 4.69) is 0 Å². The van der Waals surface area contributed by atoms with Gasteiger partial charge in [-0.25, -0.2) is 0 Å². The van der Waals surface area contributed by atoms with Crippen molar-refractivity contribution in [2.24, 2.45) is 0 Å². The highest BCUT2D eigenvalue weighted by atomic mass is 19.4. The molecule has 0 amide bonds. The first kappa shape index (κ1) is 1.42. The van der Waals surface area contributed by atoms with Crippen molar-refractivity contribution in [3.63, 3.8) is 0 Å². The number of hydrogen-bond acceptors (Lipinski definition) is 0. The molecule has 0 nitrogen and oxygen atoms in total. The lowest BCUT2D eigenvalue weighted by atomic mass is 9.85. The van der Waals surface area contributed by atoms with Gasteiger partial charge in [0.2, 0.25) is 0 Å². The van der Waals surface area contributed by atoms with E-state index in [1.807, 2.05) is 0 Å². The van der Waals surface area contributed by atoms with E-state index in [-0.39, 0.29) is 0 Å². The summed E-state index contributed by atoms with van der Waals surface area (Å²) in [7, 11) is 0. The summed E-state index contributed by atoms with van der Waals surface area (Å²) in [6, 6.07) is 0. The van der Waals surface area contributed by atoms with Crippen molar-refractivity contribution < 1.29 is 22.5 Å². The van der Waals surface area contributed by atoms with E-state index in [1.54, 1.807) is 0 Å². The number of hydrogen-bond donors (Lipinski definition) is 0. The van der Waals surface area contributed by atoms with Gasteiger partial charge in [0, 0.05) is 6.85 Å². The van der Waals surface area contributed by atoms with E-state index in [0.29, 0.717) is 0 Å². The van der Waals surface area contributed by atoms with Crippen LogP contribution in [0, 0.1) is 0 Å². The summed E-state index contributed by atoms with van der Waals surface area (Å²) in [5.74, 6) is 0. The second-order valence-electron chi connectivity index (χ2n) is 0.844. The molecule has 0 fully saturated rings. The van der Waals surface area contributed by atoms with Crippen molar-refractivity contribution in [3.8, 4) is 0 Å². The smallest absolute Gasteiger partial charge is 0.449 e. The molecule has 4 heteroatoms. The van der Waals surface area contributed by atoms with Crippen molar-refractivity contribution in [2.75, 3.05) is 0 Å². The van der Waals surface area contributed by atoms with Crippen LogP contribution in [0.2, 0.25) is 6.27 Å². The topological polar surface area (TPSA) is 0 Å². The van der Waals surface area contributed by atoms with Gasteiger partial charge in [0.05, 0.1) is 0 Å². The Morgan fingerprint density at radius 1 is 1.71 bits per heavy atom. The van der Waals surface area contributed by atoms with E-state index < -0.39 is 26.5 Å². The maximum atomic E-state index is 12.1. The third-order valence-electron chi connectivity index (χ3n) is 0.236. The van der Waals surface area contributed by atoms with E-state index in [1.165, 1.54) is 0 Å². The summed E-state index contributed by atoms with van der Waals surface area (Å²) in [5.41, 5.74) is 0. The zero-order valence-electron chi connectivity index (χ0n) is 10.2. The van der Waals surface area contributed by atoms with Crippen LogP contribution in [0.1, 0.15) is 22.8 Å². The zero-order valence-corrected chi connectivity index (χ0v) is 3.21. The Labute approximate surface area is 50.6 Å². The van der Waals surface area contributed by atoms with E-state index in [9.17, 15) is 12.9 Å². The van der Waals surface area contributed by atoms with Crippen LogP contribution in [-0.2, 0) is 0 Å². The Morgan fingerprint density at radius 3 is 2.43 bits per heavy atom. The lowest BCUT2D eigenvalue weighted by Gasteiger charge is -2.09. The first-order valence-corrected chi connectivity index (χ1v) is 1.44. The van der Waals surface area contributed by atoms with Crippen molar-refractivity contribution >= 4 is 6.98 Å². The van der Waals surface area contributed by atoms with Crippen LogP contribution >= 0.6 is 0 Å². The highest BCUT2D eigenvalue weighted by molar-refractivity contribution is 6.58. The van der Waals surface area contributed by atoms with Gasteiger partial charge in [-0.2, -0.15) is 0 Å². The lowest BCUT2D eigenvalue weighted by molar-refractivity contribution is 0.466. The molecule has 0 saturated heterocycles. The van der Waals surface area contributed by atoms with Crippen LogP contribution < -0.4 is 0 Å². The average Bonchev–Trinajstić information content (AvgIpc) is 1.81. The third kappa shape index (κ3) is 5.85. The Kier molecular flexibility index (Phi) is 0.454. The monoisotopic (exact) mass is 118 g/mol. The molecule has 0 aliphatic rings. The largest absolute Gasteiger partial charge is 0.478 e. The molecule has 0 N–H and O–H groups in total. The minimum atomic E-state index is -6.22. The van der Waals surface area contributed by atoms with Crippen LogP contribution in [0.25, 0.3) is 0 Å². The molecular weight excluding hydrogens is 104 g/mol. The zero-order chi connectivity index (χ0) is 12.0. The van der Waals surface area contributed by atoms with Gasteiger partial charge in [-0.15, -0.1) is 0 Å². The lowest BCUT2D eigenvalue weighted by Crippen LogP contribution is -2.12. The molecule has 0 radical (unpaired) electrons. The molecule has 7 heavy (non-hydrogen) atoms. The van der Waals surface area contributed by atoms with Crippen LogP contribution in [0.3, 0.4) is 0 Å². The second kappa shape index (κ2) is 2.24. The standard InChI is InChI=1S/C3H7BF3/c1-2-3-4(5,6)7/h2-3H2,1H3/q-1/i1D3,2D2,3D2. The minimum absolute atomic E-state index is 3.66. The predicted molar refractivity (Wildman–Crippen MR) is 24.2 cm³/mol. The second-order valence-corrected chi connectivity index (χ2v) is 0.844. The fourth-order valence-electron chi connectivity index (χ4n) is 0.0818. The molecule has 0 unspecified atom stereocenters. The highest BCUT2D eigenvalue weighted by Crippen LogP contribution is 2.15. The molecule has 0 aromatic heterocycles. The fraction of sp³-hybridized carbons (Fsp3) is 1.00. The Bertz CT molecular complexity index is 193. The molecule has 0 aliphatic heterocycles. The molecule has 0 bridgehead atoms. The van der Waals surface area contributed by atoms with Gasteiger partial charge in [-0.1, -0.05) is 19.5 Å². The van der Waals surface area contributed by atoms with Gasteiger partial charge in [0.15, 0.2) is 0 Å². The van der Waals surface area contributed by atoms with Crippen LogP contribution in [0.4, 0.5) is 12.9 Å². The normalized spacial score (nSPS) is 32.7. The molecule has 44 valence electrons. The molecule has 0 aromatic rings. The summed E-state index contributed by atoms with van der Waals surface area (Å²) in [6.45, 7) is -9.88. The summed E-state index contributed by atoms with van der Waals surface area (Å²) < 4.78 is 81.9. The molecular formula is C3H7BF3-. The van der Waals surface area contributed by atoms with Gasteiger partial charge < -0.3 is 12.9 Å². The Morgan fingerprint density at radius 2 is 2.29 bits per heavy atom. The number of halogens is 3. The first-order chi connectivity index (χ1) is 5.75. The van der Waals surface area contributed by atoms with Crippen LogP contribution in [0.5, 0.6) is 0 Å². The van der Waals surface area contributed by atoms with E-state index >= 15 is 0 Å². The Hall–Kier alpha value is -0.145. The van der Waals surface area contributed by atoms with Gasteiger partial charge >= 0.3 is 6.98 Å². The molecule has 0 aromatic carbocycles. The third-order valence-corrected chi connectivity index (χ3v) is 0.236. The quantitative estimate of drug-likeness (QED) is 0.487. The van der Waals surface area contributed by atoms with Gasteiger partial charge in [0.25, 0.3) is 0 Å². The van der Waals surface area contributed by atoms with Gasteiger partial charge in [-0.05, 0) is 2.74 Å². The van der Waals surface area contributed by atoms with Crippen molar-refractivity contribution in [1.29, 1.82) is 0 Å². The molecule has 0 rings (SSSR count). The molecule has 0 heterocycles. The minimum Gasteiger partial charge on any atom is -0.449 e. The van der Waals surface area contributed by atoms with Crippen molar-refractivity contribution in [3.05, 3.63) is 0 Å². The van der Waals surface area contributed by atoms with E-state index in [0.717, 1.165) is 0 Å². The van der Waals surface area contributed by atoms with Gasteiger partial charge in [-0.3, -0.25) is 0 Å². The molecule has 0 aliphatic carbocycles. The SMILES string of the molecule is [2H]C([2H])([2H])C([2H])([2H])C([2H])([2H])[B-](F)(F)F. The maximum absolute atomic E-state index is 12.1. The van der Waals surface area contributed by atoms with Crippen molar-refractivity contribution in [1.82, 2.24) is 0 Å². The summed E-state index contributed by atoms with van der Waals surface area (Å²) >= 11 is 0. The fourth-order valence-corrected chi connectivity index (χ4v) is 0.0818. The van der Waals surface area contributed by atoms with Crippen LogP contribution in [0.15, 0.2) is 0 Å². The van der Waals surface area contributed by atoms with Crippen LogP contribution in [-0.4, -0.2) is 6.98 Å². The average molecular weight is 118 g/mol. The summed E-state index contributed by atoms with van der Waals surface area (Å²) in [5, 5.41) is 0. The summed E-state index contributed by atoms with van der Waals surface area (Å²) in [4.78, 5) is 0. The number of rotatable bonds is 2. The van der Waals surface area contributed by atoms with Gasteiger partial charge in [0.1, 0.15) is 0 Å². The maximum Gasteiger partial charge on any atom is 0.478 e. The predicted octanol–water partition coefficient (Wildman–Crippen LogP) is 2.24. The molecule has 0 spiro atoms. The van der Waals surface area contributed by atoms with E-state index in [4.69, 9.17) is 9.60 Å². The first-order valence-electron chi connectivity index (χ1n) is 4.94. The molecule has 0 atom stereocenters. The Balaban J connectivity index is 5.30.